The average molecular weight is 306 g/mol. The lowest BCUT2D eigenvalue weighted by Crippen LogP contribution is -2.51. The van der Waals surface area contributed by atoms with Gasteiger partial charge in [-0.15, -0.1) is 34.5 Å². The summed E-state index contributed by atoms with van der Waals surface area (Å²) in [4.78, 5) is 13.7. The molecule has 1 aromatic rings. The molecular weight excluding hydrogens is 289 g/mol. The Hall–Kier alpha value is -0.250. The van der Waals surface area contributed by atoms with Gasteiger partial charge in [-0.25, -0.2) is 0 Å². The summed E-state index contributed by atoms with van der Waals surface area (Å²) in [6.45, 7) is 1.88. The maximum atomic E-state index is 12.4. The summed E-state index contributed by atoms with van der Waals surface area (Å²) in [5.41, 5.74) is 0.670. The minimum Gasteiger partial charge on any atom is -0.348 e. The van der Waals surface area contributed by atoms with Gasteiger partial charge >= 0.3 is 0 Å². The second-order valence-corrected chi connectivity index (χ2v) is 6.60. The van der Waals surface area contributed by atoms with Crippen LogP contribution in [0.4, 0.5) is 0 Å². The van der Waals surface area contributed by atoms with Crippen LogP contribution in [-0.4, -0.2) is 23.2 Å². The number of aryl methyl sites for hydroxylation is 1. The van der Waals surface area contributed by atoms with Crippen molar-refractivity contribution >= 4 is 40.4 Å². The average Bonchev–Trinajstić information content (AvgIpc) is 2.86. The molecule has 0 saturated carbocycles. The normalized spacial score (nSPS) is 19.4. The summed E-state index contributed by atoms with van der Waals surface area (Å²) in [7, 11) is 0. The van der Waals surface area contributed by atoms with Crippen LogP contribution in [-0.2, 0) is 11.2 Å². The first kappa shape index (κ1) is 14.2. The summed E-state index contributed by atoms with van der Waals surface area (Å²) in [6, 6.07) is 2.07. The van der Waals surface area contributed by atoms with Gasteiger partial charge in [-0.2, -0.15) is 0 Å². The second-order valence-electron chi connectivity index (χ2n) is 5.06. The number of rotatable bonds is 4. The van der Waals surface area contributed by atoms with E-state index in [2.05, 4.69) is 16.8 Å². The van der Waals surface area contributed by atoms with Crippen LogP contribution in [0.25, 0.3) is 0 Å². The molecule has 0 aromatic carbocycles. The first-order valence-corrected chi connectivity index (χ1v) is 8.05. The molecule has 2 rings (SSSR count). The van der Waals surface area contributed by atoms with Gasteiger partial charge in [-0.3, -0.25) is 4.79 Å². The van der Waals surface area contributed by atoms with Crippen molar-refractivity contribution in [3.05, 3.63) is 21.9 Å². The third-order valence-corrected chi connectivity index (χ3v) is 5.56. The van der Waals surface area contributed by atoms with E-state index in [1.54, 1.807) is 11.3 Å². The molecule has 100 valence electrons. The number of amides is 1. The van der Waals surface area contributed by atoms with Gasteiger partial charge in [0, 0.05) is 16.6 Å². The van der Waals surface area contributed by atoms with Crippen molar-refractivity contribution in [1.82, 2.24) is 5.32 Å². The number of thiophene rings is 1. The molecule has 1 aliphatic carbocycles. The number of carbonyl (C=O) groups is 1. The van der Waals surface area contributed by atoms with E-state index in [1.165, 1.54) is 10.4 Å². The first-order chi connectivity index (χ1) is 8.59. The molecule has 2 nitrogen and oxygen atoms in total. The Balaban J connectivity index is 2.12. The fraction of sp³-hybridized carbons (Fsp3) is 0.615. The lowest BCUT2D eigenvalue weighted by atomic mass is 9.86. The Kier molecular flexibility index (Phi) is 4.57. The van der Waals surface area contributed by atoms with Crippen LogP contribution in [0.2, 0.25) is 0 Å². The maximum absolute atomic E-state index is 12.4. The Labute approximate surface area is 122 Å². The predicted molar refractivity (Wildman–Crippen MR) is 78.0 cm³/mol. The van der Waals surface area contributed by atoms with E-state index in [9.17, 15) is 4.79 Å². The molecule has 0 fully saturated rings. The molecule has 0 aliphatic heterocycles. The van der Waals surface area contributed by atoms with E-state index in [1.807, 2.05) is 6.92 Å². The highest BCUT2D eigenvalue weighted by molar-refractivity contribution is 7.10. The zero-order chi connectivity index (χ0) is 13.2. The summed E-state index contributed by atoms with van der Waals surface area (Å²) in [5, 5.41) is 5.06. The van der Waals surface area contributed by atoms with Crippen LogP contribution in [0.1, 0.15) is 36.1 Å². The Morgan fingerprint density at radius 3 is 2.94 bits per heavy atom. The molecule has 1 amide bonds. The standard InChI is InChI=1S/C13H17Cl2NOS/c1-13(7-14,8-15)16-12(17)10-3-2-4-11-9(10)5-6-18-11/h5-6,10H,2-4,7-8H2,1H3,(H,16,17). The molecule has 1 unspecified atom stereocenters. The monoisotopic (exact) mass is 305 g/mol. The predicted octanol–water partition coefficient (Wildman–Crippen LogP) is 3.52. The Bertz CT molecular complexity index is 428. The number of alkyl halides is 2. The fourth-order valence-corrected chi connectivity index (χ4v) is 3.65. The van der Waals surface area contributed by atoms with Crippen molar-refractivity contribution in [2.24, 2.45) is 0 Å². The van der Waals surface area contributed by atoms with Gasteiger partial charge in [0.25, 0.3) is 0 Å². The van der Waals surface area contributed by atoms with Crippen LogP contribution in [0.5, 0.6) is 0 Å². The Morgan fingerprint density at radius 2 is 2.28 bits per heavy atom. The molecule has 0 saturated heterocycles. The smallest absolute Gasteiger partial charge is 0.228 e. The lowest BCUT2D eigenvalue weighted by Gasteiger charge is -2.30. The van der Waals surface area contributed by atoms with E-state index in [4.69, 9.17) is 23.2 Å². The molecule has 1 atom stereocenters. The van der Waals surface area contributed by atoms with Crippen molar-refractivity contribution in [2.45, 2.75) is 37.6 Å². The van der Waals surface area contributed by atoms with Crippen LogP contribution >= 0.6 is 34.5 Å². The minimum absolute atomic E-state index is 0.0363. The van der Waals surface area contributed by atoms with Gasteiger partial charge < -0.3 is 5.32 Å². The van der Waals surface area contributed by atoms with Crippen LogP contribution < -0.4 is 5.32 Å². The molecule has 0 bridgehead atoms. The summed E-state index contributed by atoms with van der Waals surface area (Å²) >= 11 is 13.5. The van der Waals surface area contributed by atoms with Gasteiger partial charge in [0.15, 0.2) is 0 Å². The molecule has 1 N–H and O–H groups in total. The topological polar surface area (TPSA) is 29.1 Å². The van der Waals surface area contributed by atoms with E-state index in [0.29, 0.717) is 11.8 Å². The van der Waals surface area contributed by atoms with Gasteiger partial charge in [-0.1, -0.05) is 0 Å². The molecular formula is C13H17Cl2NOS. The molecule has 18 heavy (non-hydrogen) atoms. The van der Waals surface area contributed by atoms with E-state index >= 15 is 0 Å². The van der Waals surface area contributed by atoms with E-state index in [-0.39, 0.29) is 11.8 Å². The SMILES string of the molecule is CC(CCl)(CCl)NC(=O)C1CCCc2sccc21. The number of nitrogens with one attached hydrogen (secondary N) is 1. The van der Waals surface area contributed by atoms with Crippen molar-refractivity contribution in [2.75, 3.05) is 11.8 Å². The number of hydrogen-bond donors (Lipinski definition) is 1. The van der Waals surface area contributed by atoms with Crippen molar-refractivity contribution < 1.29 is 4.79 Å². The molecule has 1 heterocycles. The highest BCUT2D eigenvalue weighted by Crippen LogP contribution is 2.35. The maximum Gasteiger partial charge on any atom is 0.228 e. The fourth-order valence-electron chi connectivity index (χ4n) is 2.25. The molecule has 1 aliphatic rings. The highest BCUT2D eigenvalue weighted by atomic mass is 35.5. The number of carbonyl (C=O) groups excluding carboxylic acids is 1. The zero-order valence-electron chi connectivity index (χ0n) is 10.3. The van der Waals surface area contributed by atoms with Crippen LogP contribution in [0.15, 0.2) is 11.4 Å². The van der Waals surface area contributed by atoms with Gasteiger partial charge in [0.1, 0.15) is 0 Å². The van der Waals surface area contributed by atoms with E-state index in [0.717, 1.165) is 19.3 Å². The van der Waals surface area contributed by atoms with Crippen molar-refractivity contribution in [3.63, 3.8) is 0 Å². The number of halogens is 2. The third kappa shape index (κ3) is 2.84. The third-order valence-electron chi connectivity index (χ3n) is 3.38. The zero-order valence-corrected chi connectivity index (χ0v) is 12.7. The van der Waals surface area contributed by atoms with Crippen LogP contribution in [0, 0.1) is 0 Å². The highest BCUT2D eigenvalue weighted by Gasteiger charge is 2.32. The molecule has 1 aromatic heterocycles. The number of fused-ring (bicyclic) bond motifs is 1. The van der Waals surface area contributed by atoms with Gasteiger partial charge in [0.05, 0.1) is 11.5 Å². The Morgan fingerprint density at radius 1 is 1.56 bits per heavy atom. The largest absolute Gasteiger partial charge is 0.348 e. The van der Waals surface area contributed by atoms with E-state index < -0.39 is 5.54 Å². The van der Waals surface area contributed by atoms with Crippen LogP contribution in [0.3, 0.4) is 0 Å². The van der Waals surface area contributed by atoms with Gasteiger partial charge in [-0.05, 0) is 43.2 Å². The summed E-state index contributed by atoms with van der Waals surface area (Å²) < 4.78 is 0. The molecule has 5 heteroatoms. The second kappa shape index (κ2) is 5.81. The van der Waals surface area contributed by atoms with Crippen molar-refractivity contribution in [3.8, 4) is 0 Å². The van der Waals surface area contributed by atoms with Crippen molar-refractivity contribution in [1.29, 1.82) is 0 Å². The lowest BCUT2D eigenvalue weighted by molar-refractivity contribution is -0.124. The summed E-state index contributed by atoms with van der Waals surface area (Å²) in [5.74, 6) is 0.667. The quantitative estimate of drug-likeness (QED) is 0.847. The minimum atomic E-state index is -0.520. The summed E-state index contributed by atoms with van der Waals surface area (Å²) in [6.07, 6.45) is 3.08. The molecule has 0 spiro atoms. The number of hydrogen-bond acceptors (Lipinski definition) is 2. The van der Waals surface area contributed by atoms with Gasteiger partial charge in [0.2, 0.25) is 5.91 Å². The first-order valence-electron chi connectivity index (χ1n) is 6.10. The molecule has 0 radical (unpaired) electrons.